The molecule has 1 saturated carbocycles. The normalized spacial score (nSPS) is 22.0. The lowest BCUT2D eigenvalue weighted by Crippen LogP contribution is -2.27. The summed E-state index contributed by atoms with van der Waals surface area (Å²) in [7, 11) is 1.24. The Labute approximate surface area is 125 Å². The lowest BCUT2D eigenvalue weighted by Gasteiger charge is -2.30. The molecule has 0 saturated heterocycles. The Kier molecular flexibility index (Phi) is 5.74. The number of ether oxygens (including phenoxy) is 2. The number of halogens is 1. The van der Waals surface area contributed by atoms with Crippen LogP contribution in [0.1, 0.15) is 54.9 Å². The van der Waals surface area contributed by atoms with Crippen LogP contribution in [-0.4, -0.2) is 19.2 Å². The summed E-state index contributed by atoms with van der Waals surface area (Å²) < 4.78 is 24.3. The number of methoxy groups -OCH3 is 1. The van der Waals surface area contributed by atoms with E-state index in [0.29, 0.717) is 12.5 Å². The molecule has 0 amide bonds. The second kappa shape index (κ2) is 7.55. The van der Waals surface area contributed by atoms with Crippen molar-refractivity contribution in [2.45, 2.75) is 51.7 Å². The second-order valence-corrected chi connectivity index (χ2v) is 5.61. The Balaban J connectivity index is 1.97. The van der Waals surface area contributed by atoms with Crippen molar-refractivity contribution in [2.24, 2.45) is 5.92 Å². The lowest BCUT2D eigenvalue weighted by molar-refractivity contribution is -0.0222. The molecule has 1 fully saturated rings. The topological polar surface area (TPSA) is 35.5 Å². The van der Waals surface area contributed by atoms with Crippen LogP contribution in [0.15, 0.2) is 18.2 Å². The molecule has 1 aromatic rings. The van der Waals surface area contributed by atoms with Gasteiger partial charge in [0.25, 0.3) is 0 Å². The first-order valence-corrected chi connectivity index (χ1v) is 7.64. The van der Waals surface area contributed by atoms with E-state index >= 15 is 0 Å². The van der Waals surface area contributed by atoms with Gasteiger partial charge in [-0.1, -0.05) is 32.3 Å². The maximum absolute atomic E-state index is 13.8. The van der Waals surface area contributed by atoms with Crippen molar-refractivity contribution in [1.82, 2.24) is 0 Å². The van der Waals surface area contributed by atoms with E-state index in [-0.39, 0.29) is 11.7 Å². The third-order valence-electron chi connectivity index (χ3n) is 4.27. The van der Waals surface area contributed by atoms with Gasteiger partial charge in [-0.3, -0.25) is 0 Å². The fraction of sp³-hybridized carbons (Fsp3) is 0.588. The van der Waals surface area contributed by atoms with Gasteiger partial charge in [-0.2, -0.15) is 0 Å². The fourth-order valence-corrected chi connectivity index (χ4v) is 2.99. The molecule has 2 atom stereocenters. The first kappa shape index (κ1) is 16.0. The van der Waals surface area contributed by atoms with Crippen molar-refractivity contribution in [3.05, 3.63) is 35.1 Å². The van der Waals surface area contributed by atoms with E-state index in [1.807, 2.05) is 0 Å². The van der Waals surface area contributed by atoms with Crippen molar-refractivity contribution in [1.29, 1.82) is 0 Å². The van der Waals surface area contributed by atoms with Crippen molar-refractivity contribution < 1.29 is 18.7 Å². The molecule has 0 N–H and O–H groups in total. The van der Waals surface area contributed by atoms with Gasteiger partial charge in [-0.25, -0.2) is 9.18 Å². The molecule has 0 spiro atoms. The standard InChI is InChI=1S/C17H23FO3/c1-3-13-6-4-5-7-16(13)21-11-12-8-9-14(15(18)10-12)17(19)20-2/h8-10,13,16H,3-7,11H2,1-2H3. The molecule has 0 heterocycles. The molecule has 2 rings (SSSR count). The third-order valence-corrected chi connectivity index (χ3v) is 4.27. The quantitative estimate of drug-likeness (QED) is 0.767. The lowest BCUT2D eigenvalue weighted by atomic mass is 9.85. The number of benzene rings is 1. The molecule has 0 aromatic heterocycles. The monoisotopic (exact) mass is 294 g/mol. The molecule has 1 aliphatic carbocycles. The summed E-state index contributed by atoms with van der Waals surface area (Å²) in [5, 5.41) is 0. The Morgan fingerprint density at radius 3 is 2.76 bits per heavy atom. The summed E-state index contributed by atoms with van der Waals surface area (Å²) >= 11 is 0. The largest absolute Gasteiger partial charge is 0.465 e. The van der Waals surface area contributed by atoms with E-state index in [2.05, 4.69) is 11.7 Å². The number of carbonyl (C=O) groups excluding carboxylic acids is 1. The van der Waals surface area contributed by atoms with Crippen molar-refractivity contribution in [2.75, 3.05) is 7.11 Å². The summed E-state index contributed by atoms with van der Waals surface area (Å²) in [5.74, 6) is -0.602. The molecular formula is C17H23FO3. The first-order chi connectivity index (χ1) is 10.2. The average Bonchev–Trinajstić information content (AvgIpc) is 2.52. The van der Waals surface area contributed by atoms with Crippen LogP contribution in [0.3, 0.4) is 0 Å². The maximum atomic E-state index is 13.8. The fourth-order valence-electron chi connectivity index (χ4n) is 2.99. The second-order valence-electron chi connectivity index (χ2n) is 5.61. The summed E-state index contributed by atoms with van der Waals surface area (Å²) in [5.41, 5.74) is 0.714. The minimum atomic E-state index is -0.654. The number of carbonyl (C=O) groups is 1. The predicted molar refractivity (Wildman–Crippen MR) is 78.6 cm³/mol. The smallest absolute Gasteiger partial charge is 0.340 e. The number of hydrogen-bond donors (Lipinski definition) is 0. The van der Waals surface area contributed by atoms with Crippen LogP contribution in [0.2, 0.25) is 0 Å². The SMILES string of the molecule is CCC1CCCCC1OCc1ccc(C(=O)OC)c(F)c1. The molecule has 0 radical (unpaired) electrons. The van der Waals surface area contributed by atoms with Crippen LogP contribution in [-0.2, 0) is 16.1 Å². The van der Waals surface area contributed by atoms with E-state index in [9.17, 15) is 9.18 Å². The minimum Gasteiger partial charge on any atom is -0.465 e. The average molecular weight is 294 g/mol. The zero-order valence-corrected chi connectivity index (χ0v) is 12.7. The highest BCUT2D eigenvalue weighted by molar-refractivity contribution is 5.89. The number of esters is 1. The highest BCUT2D eigenvalue weighted by Crippen LogP contribution is 2.29. The molecule has 1 aromatic carbocycles. The van der Waals surface area contributed by atoms with E-state index in [1.54, 1.807) is 6.07 Å². The van der Waals surface area contributed by atoms with E-state index < -0.39 is 11.8 Å². The molecule has 21 heavy (non-hydrogen) atoms. The van der Waals surface area contributed by atoms with Gasteiger partial charge < -0.3 is 9.47 Å². The minimum absolute atomic E-state index is 0.0367. The van der Waals surface area contributed by atoms with Gasteiger partial charge in [0.2, 0.25) is 0 Å². The van der Waals surface area contributed by atoms with E-state index in [4.69, 9.17) is 4.74 Å². The van der Waals surface area contributed by atoms with Crippen molar-refractivity contribution in [3.8, 4) is 0 Å². The highest BCUT2D eigenvalue weighted by atomic mass is 19.1. The summed E-state index contributed by atoms with van der Waals surface area (Å²) in [6, 6.07) is 4.53. The molecular weight excluding hydrogens is 271 g/mol. The van der Waals surface area contributed by atoms with Gasteiger partial charge in [0, 0.05) is 0 Å². The van der Waals surface area contributed by atoms with Gasteiger partial charge in [0.15, 0.2) is 0 Å². The zero-order chi connectivity index (χ0) is 15.2. The van der Waals surface area contributed by atoms with Crippen molar-refractivity contribution in [3.63, 3.8) is 0 Å². The van der Waals surface area contributed by atoms with Crippen LogP contribution in [0, 0.1) is 11.7 Å². The van der Waals surface area contributed by atoms with Crippen LogP contribution >= 0.6 is 0 Å². The zero-order valence-electron chi connectivity index (χ0n) is 12.7. The molecule has 4 heteroatoms. The van der Waals surface area contributed by atoms with Gasteiger partial charge in [0.05, 0.1) is 25.4 Å². The Morgan fingerprint density at radius 2 is 2.10 bits per heavy atom. The summed E-state index contributed by atoms with van der Waals surface area (Å²) in [4.78, 5) is 11.3. The predicted octanol–water partition coefficient (Wildman–Crippen LogP) is 4.10. The van der Waals surface area contributed by atoms with Crippen LogP contribution in [0.4, 0.5) is 4.39 Å². The van der Waals surface area contributed by atoms with Crippen LogP contribution < -0.4 is 0 Å². The summed E-state index contributed by atoms with van der Waals surface area (Å²) in [6.45, 7) is 2.58. The van der Waals surface area contributed by atoms with E-state index in [1.165, 1.54) is 38.5 Å². The molecule has 0 aliphatic heterocycles. The highest BCUT2D eigenvalue weighted by Gasteiger charge is 2.24. The third kappa shape index (κ3) is 4.03. The Morgan fingerprint density at radius 1 is 1.33 bits per heavy atom. The Hall–Kier alpha value is -1.42. The number of rotatable bonds is 5. The molecule has 2 unspecified atom stereocenters. The first-order valence-electron chi connectivity index (χ1n) is 7.64. The molecule has 0 bridgehead atoms. The maximum Gasteiger partial charge on any atom is 0.340 e. The van der Waals surface area contributed by atoms with E-state index in [0.717, 1.165) is 18.4 Å². The summed E-state index contributed by atoms with van der Waals surface area (Å²) in [6.07, 6.45) is 6.18. The molecule has 116 valence electrons. The van der Waals surface area contributed by atoms with Crippen molar-refractivity contribution >= 4 is 5.97 Å². The molecule has 1 aliphatic rings. The Bertz CT molecular complexity index is 487. The van der Waals surface area contributed by atoms with Gasteiger partial charge >= 0.3 is 5.97 Å². The van der Waals surface area contributed by atoms with Gasteiger partial charge in [-0.05, 0) is 36.5 Å². The molecule has 3 nitrogen and oxygen atoms in total. The van der Waals surface area contributed by atoms with Gasteiger partial charge in [0.1, 0.15) is 5.82 Å². The van der Waals surface area contributed by atoms with Crippen LogP contribution in [0.25, 0.3) is 0 Å². The van der Waals surface area contributed by atoms with Crippen LogP contribution in [0.5, 0.6) is 0 Å². The number of hydrogen-bond acceptors (Lipinski definition) is 3. The van der Waals surface area contributed by atoms with Gasteiger partial charge in [-0.15, -0.1) is 0 Å².